The van der Waals surface area contributed by atoms with Crippen LogP contribution in [0.2, 0.25) is 0 Å². The maximum atomic E-state index is 13.4. The molecule has 2 N–H and O–H groups in total. The number of carbonyl (C=O) groups is 2. The molecular formula is C20H23N3O8. The number of aliphatic hydroxyl groups excluding tert-OH is 2. The first kappa shape index (κ1) is 21.1. The molecule has 0 unspecified atom stereocenters. The molecule has 5 rings (SSSR count). The van der Waals surface area contributed by atoms with Gasteiger partial charge < -0.3 is 19.7 Å². The molecule has 1 aliphatic carbocycles. The van der Waals surface area contributed by atoms with E-state index < -0.39 is 59.8 Å². The predicted molar refractivity (Wildman–Crippen MR) is 105 cm³/mol. The van der Waals surface area contributed by atoms with Gasteiger partial charge in [-0.1, -0.05) is 18.2 Å². The zero-order valence-corrected chi connectivity index (χ0v) is 17.0. The fourth-order valence-electron chi connectivity index (χ4n) is 4.61. The van der Waals surface area contributed by atoms with Gasteiger partial charge in [0.2, 0.25) is 0 Å². The molecule has 1 aromatic carbocycles. The smallest absolute Gasteiger partial charge is 0.352 e. The van der Waals surface area contributed by atoms with Gasteiger partial charge in [0, 0.05) is 13.8 Å². The van der Waals surface area contributed by atoms with Crippen LogP contribution in [0, 0.1) is 0 Å². The van der Waals surface area contributed by atoms with Gasteiger partial charge in [-0.2, -0.15) is 0 Å². The predicted octanol–water partition coefficient (Wildman–Crippen LogP) is -0.724. The van der Waals surface area contributed by atoms with Crippen LogP contribution in [0.5, 0.6) is 0 Å². The van der Waals surface area contributed by atoms with E-state index in [0.29, 0.717) is 5.69 Å². The van der Waals surface area contributed by atoms with Crippen LogP contribution in [-0.2, 0) is 19.1 Å². The van der Waals surface area contributed by atoms with Gasteiger partial charge in [0.15, 0.2) is 0 Å². The van der Waals surface area contributed by atoms with Crippen molar-refractivity contribution in [1.29, 1.82) is 0 Å². The van der Waals surface area contributed by atoms with E-state index in [9.17, 15) is 29.4 Å². The number of fused-ring (bicyclic) bond motifs is 4. The van der Waals surface area contributed by atoms with Gasteiger partial charge in [0.25, 0.3) is 0 Å². The minimum Gasteiger partial charge on any atom is -0.460 e. The summed E-state index contributed by atoms with van der Waals surface area (Å²) in [5.74, 6) is -1.30. The Morgan fingerprint density at radius 2 is 1.26 bits per heavy atom. The van der Waals surface area contributed by atoms with Gasteiger partial charge in [-0.3, -0.25) is 9.59 Å². The molecule has 0 spiro atoms. The van der Waals surface area contributed by atoms with Crippen LogP contribution < -0.4 is 11.4 Å². The van der Waals surface area contributed by atoms with Crippen LogP contribution in [0.15, 0.2) is 39.9 Å². The van der Waals surface area contributed by atoms with E-state index in [1.165, 1.54) is 13.8 Å². The van der Waals surface area contributed by atoms with E-state index >= 15 is 0 Å². The Bertz CT molecular complexity index is 1050. The lowest BCUT2D eigenvalue weighted by Gasteiger charge is -2.46. The Morgan fingerprint density at radius 3 is 1.65 bits per heavy atom. The Morgan fingerprint density at radius 1 is 0.839 bits per heavy atom. The van der Waals surface area contributed by atoms with Crippen molar-refractivity contribution in [3.05, 3.63) is 51.3 Å². The third kappa shape index (κ3) is 3.39. The molecule has 11 heteroatoms. The quantitative estimate of drug-likeness (QED) is 0.604. The van der Waals surface area contributed by atoms with E-state index in [1.807, 2.05) is 0 Å². The highest BCUT2D eigenvalue weighted by molar-refractivity contribution is 5.66. The minimum absolute atomic E-state index is 0.152. The van der Waals surface area contributed by atoms with Crippen LogP contribution >= 0.6 is 0 Å². The van der Waals surface area contributed by atoms with Crippen molar-refractivity contribution in [2.75, 3.05) is 0 Å². The zero-order valence-electron chi connectivity index (χ0n) is 17.0. The number of hydrogen-bond acceptors (Lipinski definition) is 8. The first-order chi connectivity index (χ1) is 14.7. The highest BCUT2D eigenvalue weighted by Crippen LogP contribution is 2.39. The molecule has 2 aliphatic heterocycles. The summed E-state index contributed by atoms with van der Waals surface area (Å²) in [6.45, 7) is 2.36. The molecule has 2 aromatic rings. The van der Waals surface area contributed by atoms with Crippen molar-refractivity contribution in [1.82, 2.24) is 13.9 Å². The molecule has 11 nitrogen and oxygen atoms in total. The third-order valence-electron chi connectivity index (χ3n) is 5.77. The molecule has 166 valence electrons. The maximum Gasteiger partial charge on any atom is 0.352 e. The van der Waals surface area contributed by atoms with Crippen molar-refractivity contribution in [2.45, 2.75) is 63.2 Å². The highest BCUT2D eigenvalue weighted by atomic mass is 16.6. The summed E-state index contributed by atoms with van der Waals surface area (Å²) in [5, 5.41) is 21.8. The molecule has 1 fully saturated rings. The van der Waals surface area contributed by atoms with E-state index in [2.05, 4.69) is 0 Å². The molecule has 0 amide bonds. The summed E-state index contributed by atoms with van der Waals surface area (Å²) in [6.07, 6.45) is -4.85. The Hall–Kier alpha value is -3.18. The van der Waals surface area contributed by atoms with Crippen LogP contribution in [0.3, 0.4) is 0 Å². The lowest BCUT2D eigenvalue weighted by Crippen LogP contribution is -2.61. The van der Waals surface area contributed by atoms with Gasteiger partial charge in [-0.25, -0.2) is 23.5 Å². The number of esters is 2. The van der Waals surface area contributed by atoms with Crippen molar-refractivity contribution in [3.8, 4) is 5.69 Å². The molecule has 1 saturated carbocycles. The molecular weight excluding hydrogens is 410 g/mol. The fourth-order valence-corrected chi connectivity index (χ4v) is 4.61. The number of carbonyl (C=O) groups excluding carboxylic acids is 2. The molecule has 0 radical (unpaired) electrons. The number of aromatic nitrogens is 3. The average molecular weight is 433 g/mol. The first-order valence-electron chi connectivity index (χ1n) is 9.94. The monoisotopic (exact) mass is 433 g/mol. The van der Waals surface area contributed by atoms with Gasteiger partial charge >= 0.3 is 23.3 Å². The van der Waals surface area contributed by atoms with Crippen LogP contribution in [0.4, 0.5) is 0 Å². The second-order valence-electron chi connectivity index (χ2n) is 7.76. The summed E-state index contributed by atoms with van der Waals surface area (Å²) in [7, 11) is 0. The lowest BCUT2D eigenvalue weighted by atomic mass is 9.83. The molecule has 1 aromatic heterocycles. The molecule has 3 heterocycles. The largest absolute Gasteiger partial charge is 0.460 e. The van der Waals surface area contributed by atoms with Crippen molar-refractivity contribution in [3.63, 3.8) is 0 Å². The Kier molecular flexibility index (Phi) is 5.31. The van der Waals surface area contributed by atoms with E-state index in [4.69, 9.17) is 9.47 Å². The van der Waals surface area contributed by atoms with Crippen molar-refractivity contribution < 1.29 is 29.3 Å². The number of nitrogens with zero attached hydrogens (tertiary/aromatic N) is 3. The summed E-state index contributed by atoms with van der Waals surface area (Å²) < 4.78 is 13.7. The number of rotatable bonds is 3. The third-order valence-corrected chi connectivity index (χ3v) is 5.77. The highest BCUT2D eigenvalue weighted by Gasteiger charge is 2.53. The van der Waals surface area contributed by atoms with E-state index in [1.54, 1.807) is 30.3 Å². The Balaban J connectivity index is 2.01. The standard InChI is InChI=1S/C20H23N3O8/c1-10(24)30-13-8-9-14(31-11(2)25)16-18(27)17(26)15(13)22-19(28)21(20(29)23(16)22)12-6-4-3-5-7-12/h3-7,13-18,26-27H,8-9H2,1-2H3/t13-,14+,15+,16-,17+,18-. The average Bonchev–Trinajstić information content (AvgIpc) is 2.95. The normalized spacial score (nSPS) is 29.5. The van der Waals surface area contributed by atoms with Crippen molar-refractivity contribution >= 4 is 11.9 Å². The lowest BCUT2D eigenvalue weighted by molar-refractivity contribution is -0.183. The number of aliphatic hydroxyl groups is 2. The number of benzene rings is 1. The van der Waals surface area contributed by atoms with Gasteiger partial charge in [-0.05, 0) is 25.0 Å². The zero-order chi connectivity index (χ0) is 22.4. The minimum atomic E-state index is -1.54. The van der Waals surface area contributed by atoms with Gasteiger partial charge in [0.05, 0.1) is 5.69 Å². The molecule has 31 heavy (non-hydrogen) atoms. The van der Waals surface area contributed by atoms with Gasteiger partial charge in [-0.15, -0.1) is 0 Å². The Labute approximate surface area is 176 Å². The molecule has 3 aliphatic rings. The van der Waals surface area contributed by atoms with Crippen molar-refractivity contribution in [2.24, 2.45) is 0 Å². The maximum absolute atomic E-state index is 13.4. The number of hydrogen-bond donors (Lipinski definition) is 2. The first-order valence-corrected chi connectivity index (χ1v) is 9.94. The van der Waals surface area contributed by atoms with Crippen LogP contribution in [0.1, 0.15) is 38.8 Å². The SMILES string of the molecule is CC(=O)O[C@H]1CC[C@@H](OC(C)=O)[C@H]2[C@H](O)[C@H](O)[C@@H]1n1c(=O)n(-c3ccccc3)c(=O)n12. The number of para-hydroxylation sites is 1. The van der Waals surface area contributed by atoms with E-state index in [0.717, 1.165) is 13.9 Å². The summed E-state index contributed by atoms with van der Waals surface area (Å²) >= 11 is 0. The summed E-state index contributed by atoms with van der Waals surface area (Å²) in [5.41, 5.74) is -1.24. The van der Waals surface area contributed by atoms with Gasteiger partial charge in [0.1, 0.15) is 36.5 Å². The second-order valence-corrected chi connectivity index (χ2v) is 7.76. The van der Waals surface area contributed by atoms with Crippen LogP contribution in [0.25, 0.3) is 5.69 Å². The topological polar surface area (TPSA) is 142 Å². The fraction of sp³-hybridized carbons (Fsp3) is 0.500. The molecule has 0 saturated heterocycles. The second kappa shape index (κ2) is 7.82. The molecule has 2 bridgehead atoms. The number of ether oxygens (including phenoxy) is 2. The van der Waals surface area contributed by atoms with Crippen LogP contribution in [-0.4, -0.2) is 60.5 Å². The molecule has 6 atom stereocenters. The van der Waals surface area contributed by atoms with E-state index in [-0.39, 0.29) is 12.8 Å². The summed E-state index contributed by atoms with van der Waals surface area (Å²) in [4.78, 5) is 50.2. The summed E-state index contributed by atoms with van der Waals surface area (Å²) in [6, 6.07) is 5.78.